The minimum atomic E-state index is -4.64. The maximum atomic E-state index is 12.7. The highest BCUT2D eigenvalue weighted by molar-refractivity contribution is 5.89. The number of carboxylic acids is 1. The van der Waals surface area contributed by atoms with E-state index in [-0.39, 0.29) is 6.04 Å². The molecule has 1 N–H and O–H groups in total. The predicted octanol–water partition coefficient (Wildman–Crippen LogP) is 3.81. The van der Waals surface area contributed by atoms with Crippen LogP contribution in [-0.4, -0.2) is 15.6 Å². The molecule has 1 atom stereocenters. The third-order valence-electron chi connectivity index (χ3n) is 2.70. The summed E-state index contributed by atoms with van der Waals surface area (Å²) in [4.78, 5) is 10.8. The highest BCUT2D eigenvalue weighted by Crippen LogP contribution is 2.34. The number of aromatic carboxylic acids is 1. The van der Waals surface area contributed by atoms with Crippen LogP contribution in [0.15, 0.2) is 12.4 Å². The molecule has 0 aromatic carbocycles. The first-order valence-electron chi connectivity index (χ1n) is 5.65. The number of halogens is 3. The summed E-state index contributed by atoms with van der Waals surface area (Å²) < 4.78 is 39.3. The van der Waals surface area contributed by atoms with Gasteiger partial charge in [0.05, 0.1) is 11.1 Å². The van der Waals surface area contributed by atoms with Gasteiger partial charge in [-0.2, -0.15) is 13.2 Å². The van der Waals surface area contributed by atoms with E-state index in [1.807, 2.05) is 13.8 Å². The van der Waals surface area contributed by atoms with Gasteiger partial charge in [-0.1, -0.05) is 13.8 Å². The molecule has 0 amide bonds. The Labute approximate surface area is 103 Å². The third-order valence-corrected chi connectivity index (χ3v) is 2.70. The fourth-order valence-corrected chi connectivity index (χ4v) is 1.93. The lowest BCUT2D eigenvalue weighted by molar-refractivity contribution is -0.138. The van der Waals surface area contributed by atoms with Crippen LogP contribution in [-0.2, 0) is 6.18 Å². The van der Waals surface area contributed by atoms with E-state index in [1.54, 1.807) is 6.92 Å². The van der Waals surface area contributed by atoms with Gasteiger partial charge in [0.15, 0.2) is 0 Å². The standard InChI is InChI=1S/C12H16F3NO2/c1-7(2)4-8(3)16-5-9(11(17)18)10(6-16)12(13,14)15/h5-8H,4H2,1-3H3,(H,17,18). The molecule has 0 saturated carbocycles. The van der Waals surface area contributed by atoms with Crippen molar-refractivity contribution in [1.82, 2.24) is 4.57 Å². The van der Waals surface area contributed by atoms with Gasteiger partial charge in [-0.3, -0.25) is 0 Å². The smallest absolute Gasteiger partial charge is 0.418 e. The van der Waals surface area contributed by atoms with Crippen molar-refractivity contribution in [2.75, 3.05) is 0 Å². The first kappa shape index (κ1) is 14.6. The molecule has 1 unspecified atom stereocenters. The number of hydrogen-bond donors (Lipinski definition) is 1. The first-order valence-corrected chi connectivity index (χ1v) is 5.65. The molecule has 0 aliphatic heterocycles. The summed E-state index contributed by atoms with van der Waals surface area (Å²) >= 11 is 0. The number of carbonyl (C=O) groups is 1. The zero-order valence-electron chi connectivity index (χ0n) is 10.5. The molecule has 0 fully saturated rings. The van der Waals surface area contributed by atoms with Crippen LogP contribution in [0.25, 0.3) is 0 Å². The van der Waals surface area contributed by atoms with Crippen LogP contribution >= 0.6 is 0 Å². The van der Waals surface area contributed by atoms with Gasteiger partial charge in [0, 0.05) is 18.4 Å². The van der Waals surface area contributed by atoms with E-state index in [9.17, 15) is 18.0 Å². The van der Waals surface area contributed by atoms with Crippen molar-refractivity contribution >= 4 is 5.97 Å². The van der Waals surface area contributed by atoms with Crippen molar-refractivity contribution in [3.8, 4) is 0 Å². The zero-order valence-corrected chi connectivity index (χ0v) is 10.5. The number of alkyl halides is 3. The first-order chi connectivity index (χ1) is 8.12. The second-order valence-corrected chi connectivity index (χ2v) is 4.81. The molecule has 18 heavy (non-hydrogen) atoms. The van der Waals surface area contributed by atoms with Gasteiger partial charge in [-0.25, -0.2) is 4.79 Å². The zero-order chi connectivity index (χ0) is 14.1. The molecule has 0 aliphatic carbocycles. The van der Waals surface area contributed by atoms with Gasteiger partial charge in [0.1, 0.15) is 0 Å². The molecule has 0 spiro atoms. The van der Waals surface area contributed by atoms with Crippen LogP contribution in [0.1, 0.15) is 49.2 Å². The summed E-state index contributed by atoms with van der Waals surface area (Å²) in [7, 11) is 0. The quantitative estimate of drug-likeness (QED) is 0.897. The van der Waals surface area contributed by atoms with E-state index in [4.69, 9.17) is 5.11 Å². The van der Waals surface area contributed by atoms with Crippen LogP contribution in [0.2, 0.25) is 0 Å². The molecule has 1 rings (SSSR count). The fourth-order valence-electron chi connectivity index (χ4n) is 1.93. The van der Waals surface area contributed by atoms with Crippen molar-refractivity contribution in [2.45, 2.75) is 39.4 Å². The van der Waals surface area contributed by atoms with Crippen molar-refractivity contribution in [2.24, 2.45) is 5.92 Å². The van der Waals surface area contributed by atoms with Crippen molar-refractivity contribution < 1.29 is 23.1 Å². The van der Waals surface area contributed by atoms with Crippen molar-refractivity contribution in [3.63, 3.8) is 0 Å². The second-order valence-electron chi connectivity index (χ2n) is 4.81. The Morgan fingerprint density at radius 2 is 1.89 bits per heavy atom. The summed E-state index contributed by atoms with van der Waals surface area (Å²) in [6, 6.07) is -0.167. The van der Waals surface area contributed by atoms with E-state index in [2.05, 4.69) is 0 Å². The largest absolute Gasteiger partial charge is 0.478 e. The maximum Gasteiger partial charge on any atom is 0.418 e. The highest BCUT2D eigenvalue weighted by Gasteiger charge is 2.37. The van der Waals surface area contributed by atoms with E-state index in [0.717, 1.165) is 12.4 Å². The summed E-state index contributed by atoms with van der Waals surface area (Å²) in [5.74, 6) is -1.23. The summed E-state index contributed by atoms with van der Waals surface area (Å²) in [5, 5.41) is 8.79. The number of aromatic nitrogens is 1. The van der Waals surface area contributed by atoms with E-state index < -0.39 is 23.3 Å². The third kappa shape index (κ3) is 3.27. The minimum absolute atomic E-state index is 0.167. The van der Waals surface area contributed by atoms with Gasteiger partial charge in [0.25, 0.3) is 0 Å². The Kier molecular flexibility index (Phi) is 4.09. The molecule has 1 aromatic heterocycles. The summed E-state index contributed by atoms with van der Waals surface area (Å²) in [5.41, 5.74) is -1.79. The van der Waals surface area contributed by atoms with Crippen LogP contribution < -0.4 is 0 Å². The number of carboxylic acid groups (broad SMARTS) is 1. The normalized spacial score (nSPS) is 13.9. The van der Waals surface area contributed by atoms with Crippen LogP contribution in [0.4, 0.5) is 13.2 Å². The van der Waals surface area contributed by atoms with Gasteiger partial charge < -0.3 is 9.67 Å². The topological polar surface area (TPSA) is 42.2 Å². The Hall–Kier alpha value is -1.46. The van der Waals surface area contributed by atoms with E-state index >= 15 is 0 Å². The van der Waals surface area contributed by atoms with E-state index in [1.165, 1.54) is 4.57 Å². The molecule has 1 heterocycles. The van der Waals surface area contributed by atoms with Gasteiger partial charge >= 0.3 is 12.1 Å². The van der Waals surface area contributed by atoms with Gasteiger partial charge in [0.2, 0.25) is 0 Å². The summed E-state index contributed by atoms with van der Waals surface area (Å²) in [6.45, 7) is 5.69. The highest BCUT2D eigenvalue weighted by atomic mass is 19.4. The van der Waals surface area contributed by atoms with Gasteiger partial charge in [-0.15, -0.1) is 0 Å². The van der Waals surface area contributed by atoms with Crippen molar-refractivity contribution in [1.29, 1.82) is 0 Å². The lowest BCUT2D eigenvalue weighted by Crippen LogP contribution is -2.10. The second kappa shape index (κ2) is 5.04. The number of nitrogens with zero attached hydrogens (tertiary/aromatic N) is 1. The fraction of sp³-hybridized carbons (Fsp3) is 0.583. The molecule has 0 aliphatic rings. The van der Waals surface area contributed by atoms with Gasteiger partial charge in [-0.05, 0) is 19.3 Å². The average Bonchev–Trinajstić information content (AvgIpc) is 2.59. The molecule has 102 valence electrons. The minimum Gasteiger partial charge on any atom is -0.478 e. The molecule has 0 saturated heterocycles. The predicted molar refractivity (Wildman–Crippen MR) is 60.6 cm³/mol. The molecular weight excluding hydrogens is 247 g/mol. The Bertz CT molecular complexity index is 435. The number of rotatable bonds is 4. The Morgan fingerprint density at radius 1 is 1.33 bits per heavy atom. The van der Waals surface area contributed by atoms with Crippen LogP contribution in [0, 0.1) is 5.92 Å². The maximum absolute atomic E-state index is 12.7. The summed E-state index contributed by atoms with van der Waals surface area (Å²) in [6.07, 6.45) is -2.03. The SMILES string of the molecule is CC(C)CC(C)n1cc(C(=O)O)c(C(F)(F)F)c1. The lowest BCUT2D eigenvalue weighted by atomic mass is 10.1. The van der Waals surface area contributed by atoms with Crippen molar-refractivity contribution in [3.05, 3.63) is 23.5 Å². The van der Waals surface area contributed by atoms with E-state index in [0.29, 0.717) is 12.3 Å². The van der Waals surface area contributed by atoms with Crippen LogP contribution in [0.5, 0.6) is 0 Å². The average molecular weight is 263 g/mol. The van der Waals surface area contributed by atoms with Crippen LogP contribution in [0.3, 0.4) is 0 Å². The molecule has 1 aromatic rings. The lowest BCUT2D eigenvalue weighted by Gasteiger charge is -2.15. The molecule has 6 heteroatoms. The Morgan fingerprint density at radius 3 is 2.22 bits per heavy atom. The molecule has 0 radical (unpaired) electrons. The molecular formula is C12H16F3NO2. The number of hydrogen-bond acceptors (Lipinski definition) is 1. The molecule has 3 nitrogen and oxygen atoms in total. The Balaban J connectivity index is 3.14. The molecule has 0 bridgehead atoms. The monoisotopic (exact) mass is 263 g/mol.